The molecule has 0 amide bonds. The highest BCUT2D eigenvalue weighted by Crippen LogP contribution is 2.31. The van der Waals surface area contributed by atoms with Crippen LogP contribution in [-0.4, -0.2) is 65.5 Å². The fraction of sp³-hybridized carbons (Fsp3) is 0.522. The molecule has 1 aromatic heterocycles. The standard InChI is InChI=1S/C23H29ClN6O/c24-17-6-3-5-16(13-17)21(31)15-30-12-4-7-20(30)22-18(14-26-28-22)19-8-9-25-23(27-19)29-10-1-2-11-29/h3,5-6,8-9,13,18,20,22,26,28H,1-2,4,7,10-12,14-15H2. The maximum Gasteiger partial charge on any atom is 0.225 e. The summed E-state index contributed by atoms with van der Waals surface area (Å²) < 4.78 is 0. The Hall–Kier alpha value is -2.06. The molecule has 7 nitrogen and oxygen atoms in total. The van der Waals surface area contributed by atoms with Gasteiger partial charge in [-0.25, -0.2) is 9.97 Å². The predicted octanol–water partition coefficient (Wildman–Crippen LogP) is 2.64. The van der Waals surface area contributed by atoms with E-state index in [1.54, 1.807) is 12.1 Å². The third-order valence-electron chi connectivity index (χ3n) is 6.78. The summed E-state index contributed by atoms with van der Waals surface area (Å²) in [5.74, 6) is 1.21. The fourth-order valence-electron chi connectivity index (χ4n) is 5.20. The van der Waals surface area contributed by atoms with Crippen LogP contribution in [0.25, 0.3) is 0 Å². The van der Waals surface area contributed by atoms with Crippen molar-refractivity contribution in [2.24, 2.45) is 0 Å². The third-order valence-corrected chi connectivity index (χ3v) is 7.01. The van der Waals surface area contributed by atoms with Crippen molar-refractivity contribution in [1.82, 2.24) is 25.7 Å². The number of ketones is 1. The van der Waals surface area contributed by atoms with Gasteiger partial charge < -0.3 is 4.90 Å². The number of nitrogens with zero attached hydrogens (tertiary/aromatic N) is 4. The van der Waals surface area contributed by atoms with Gasteiger partial charge in [0.2, 0.25) is 5.95 Å². The Morgan fingerprint density at radius 1 is 1.16 bits per heavy atom. The van der Waals surface area contributed by atoms with Crippen molar-refractivity contribution in [3.63, 3.8) is 0 Å². The topological polar surface area (TPSA) is 73.4 Å². The molecule has 1 aromatic carbocycles. The molecule has 0 aliphatic carbocycles. The van der Waals surface area contributed by atoms with E-state index in [-0.39, 0.29) is 23.8 Å². The van der Waals surface area contributed by atoms with Gasteiger partial charge in [0, 0.05) is 54.4 Å². The number of carbonyl (C=O) groups excluding carboxylic acids is 1. The number of likely N-dealkylation sites (tertiary alicyclic amines) is 1. The van der Waals surface area contributed by atoms with Crippen LogP contribution < -0.4 is 15.8 Å². The minimum absolute atomic E-state index is 0.121. The van der Waals surface area contributed by atoms with Crippen molar-refractivity contribution >= 4 is 23.3 Å². The van der Waals surface area contributed by atoms with Crippen LogP contribution in [0.4, 0.5) is 5.95 Å². The molecule has 8 heteroatoms. The first-order valence-corrected chi connectivity index (χ1v) is 11.7. The molecule has 5 rings (SSSR count). The molecule has 3 atom stereocenters. The number of benzene rings is 1. The fourth-order valence-corrected chi connectivity index (χ4v) is 5.39. The minimum Gasteiger partial charge on any atom is -0.341 e. The average molecular weight is 441 g/mol. The Morgan fingerprint density at radius 2 is 2.03 bits per heavy atom. The molecular formula is C23H29ClN6O. The van der Waals surface area contributed by atoms with Gasteiger partial charge in [-0.15, -0.1) is 0 Å². The Kier molecular flexibility index (Phi) is 6.18. The molecule has 31 heavy (non-hydrogen) atoms. The van der Waals surface area contributed by atoms with Crippen molar-refractivity contribution in [2.45, 2.75) is 43.7 Å². The maximum atomic E-state index is 12.9. The lowest BCUT2D eigenvalue weighted by atomic mass is 9.90. The summed E-state index contributed by atoms with van der Waals surface area (Å²) in [6.45, 7) is 4.25. The summed E-state index contributed by atoms with van der Waals surface area (Å²) in [6.07, 6.45) is 6.48. The summed E-state index contributed by atoms with van der Waals surface area (Å²) in [7, 11) is 0. The highest BCUT2D eigenvalue weighted by Gasteiger charge is 2.41. The largest absolute Gasteiger partial charge is 0.341 e. The van der Waals surface area contributed by atoms with Crippen LogP contribution in [0.2, 0.25) is 5.02 Å². The molecule has 3 aliphatic heterocycles. The number of halogens is 1. The summed E-state index contributed by atoms with van der Waals surface area (Å²) in [5, 5.41) is 0.600. The normalized spacial score (nSPS) is 26.6. The van der Waals surface area contributed by atoms with Crippen molar-refractivity contribution in [2.75, 3.05) is 37.6 Å². The summed E-state index contributed by atoms with van der Waals surface area (Å²) >= 11 is 6.09. The lowest BCUT2D eigenvalue weighted by molar-refractivity contribution is 0.0905. The zero-order valence-electron chi connectivity index (χ0n) is 17.6. The van der Waals surface area contributed by atoms with Crippen LogP contribution >= 0.6 is 11.6 Å². The zero-order valence-corrected chi connectivity index (χ0v) is 18.4. The number of hydrogen-bond donors (Lipinski definition) is 2. The highest BCUT2D eigenvalue weighted by atomic mass is 35.5. The first-order valence-electron chi connectivity index (χ1n) is 11.3. The van der Waals surface area contributed by atoms with Gasteiger partial charge in [0.1, 0.15) is 0 Å². The van der Waals surface area contributed by atoms with Crippen molar-refractivity contribution < 1.29 is 4.79 Å². The lowest BCUT2D eigenvalue weighted by Gasteiger charge is -2.32. The number of hydrazine groups is 1. The van der Waals surface area contributed by atoms with Gasteiger partial charge in [0.15, 0.2) is 5.78 Å². The second-order valence-corrected chi connectivity index (χ2v) is 9.18. The highest BCUT2D eigenvalue weighted by molar-refractivity contribution is 6.31. The molecule has 0 radical (unpaired) electrons. The van der Waals surface area contributed by atoms with E-state index in [2.05, 4.69) is 25.6 Å². The quantitative estimate of drug-likeness (QED) is 0.669. The van der Waals surface area contributed by atoms with Crippen molar-refractivity contribution in [1.29, 1.82) is 0 Å². The molecule has 0 spiro atoms. The summed E-state index contributed by atoms with van der Waals surface area (Å²) in [6, 6.07) is 9.77. The van der Waals surface area contributed by atoms with E-state index in [1.807, 2.05) is 24.4 Å². The number of aromatic nitrogens is 2. The molecule has 164 valence electrons. The van der Waals surface area contributed by atoms with Gasteiger partial charge in [-0.1, -0.05) is 23.7 Å². The number of anilines is 1. The van der Waals surface area contributed by atoms with E-state index >= 15 is 0 Å². The second-order valence-electron chi connectivity index (χ2n) is 8.75. The molecule has 2 N–H and O–H groups in total. The first kappa shape index (κ1) is 20.8. The second kappa shape index (κ2) is 9.20. The third kappa shape index (κ3) is 4.46. The minimum atomic E-state index is 0.121. The Balaban J connectivity index is 1.31. The molecule has 3 aliphatic rings. The van der Waals surface area contributed by atoms with Crippen molar-refractivity contribution in [3.05, 3.63) is 52.8 Å². The molecule has 2 aromatic rings. The number of nitrogens with one attached hydrogen (secondary N) is 2. The van der Waals surface area contributed by atoms with E-state index in [0.29, 0.717) is 17.1 Å². The molecule has 4 heterocycles. The Labute approximate surface area is 188 Å². The van der Waals surface area contributed by atoms with Crippen LogP contribution in [0.1, 0.15) is 47.7 Å². The van der Waals surface area contributed by atoms with Gasteiger partial charge in [-0.05, 0) is 50.4 Å². The van der Waals surface area contributed by atoms with Gasteiger partial charge in [0.05, 0.1) is 12.2 Å². The first-order chi connectivity index (χ1) is 15.2. The van der Waals surface area contributed by atoms with Crippen LogP contribution in [0.15, 0.2) is 36.5 Å². The van der Waals surface area contributed by atoms with E-state index in [1.165, 1.54) is 12.8 Å². The Bertz CT molecular complexity index is 934. The monoisotopic (exact) mass is 440 g/mol. The molecule has 0 bridgehead atoms. The van der Waals surface area contributed by atoms with Gasteiger partial charge in [-0.2, -0.15) is 0 Å². The van der Waals surface area contributed by atoms with E-state index < -0.39 is 0 Å². The maximum absolute atomic E-state index is 12.9. The zero-order chi connectivity index (χ0) is 21.2. The van der Waals surface area contributed by atoms with Gasteiger partial charge >= 0.3 is 0 Å². The van der Waals surface area contributed by atoms with E-state index in [9.17, 15) is 4.79 Å². The number of Topliss-reactive ketones (excluding diaryl/α,β-unsaturated/α-hetero) is 1. The van der Waals surface area contributed by atoms with Crippen LogP contribution in [0, 0.1) is 0 Å². The summed E-state index contributed by atoms with van der Waals surface area (Å²) in [5.41, 5.74) is 8.59. The van der Waals surface area contributed by atoms with Crippen LogP contribution in [0.3, 0.4) is 0 Å². The Morgan fingerprint density at radius 3 is 2.87 bits per heavy atom. The smallest absolute Gasteiger partial charge is 0.225 e. The SMILES string of the molecule is O=C(CN1CCCC1C1NNCC1c1ccnc(N2CCCC2)n1)c1cccc(Cl)c1. The van der Waals surface area contributed by atoms with Crippen LogP contribution in [0.5, 0.6) is 0 Å². The average Bonchev–Trinajstić information content (AvgIpc) is 3.55. The van der Waals surface area contributed by atoms with Gasteiger partial charge in [0.25, 0.3) is 0 Å². The molecule has 3 fully saturated rings. The number of rotatable bonds is 6. The number of hydrogen-bond acceptors (Lipinski definition) is 7. The molecule has 3 unspecified atom stereocenters. The molecular weight excluding hydrogens is 412 g/mol. The van der Waals surface area contributed by atoms with Crippen molar-refractivity contribution in [3.8, 4) is 0 Å². The predicted molar refractivity (Wildman–Crippen MR) is 122 cm³/mol. The van der Waals surface area contributed by atoms with Gasteiger partial charge in [-0.3, -0.25) is 20.5 Å². The number of carbonyl (C=O) groups is 1. The van der Waals surface area contributed by atoms with Crippen LogP contribution in [-0.2, 0) is 0 Å². The van der Waals surface area contributed by atoms with E-state index in [0.717, 1.165) is 50.7 Å². The lowest BCUT2D eigenvalue weighted by Crippen LogP contribution is -2.49. The molecule has 0 saturated carbocycles. The summed E-state index contributed by atoms with van der Waals surface area (Å²) in [4.78, 5) is 26.9. The molecule has 3 saturated heterocycles. The van der Waals surface area contributed by atoms with E-state index in [4.69, 9.17) is 16.6 Å².